The molecule has 0 aromatic rings. The summed E-state index contributed by atoms with van der Waals surface area (Å²) < 4.78 is 0. The summed E-state index contributed by atoms with van der Waals surface area (Å²) in [7, 11) is 0. The molecule has 41 unspecified atom stereocenters. The third-order valence-electron chi connectivity index (χ3n) is 35.3. The van der Waals surface area contributed by atoms with Crippen molar-refractivity contribution >= 4 is 0 Å². The smallest absolute Gasteiger partial charge is 0.0598 e. The van der Waals surface area contributed by atoms with Gasteiger partial charge in [0.25, 0.3) is 0 Å². The van der Waals surface area contributed by atoms with Crippen LogP contribution in [0.1, 0.15) is 423 Å². The summed E-state index contributed by atoms with van der Waals surface area (Å²) in [4.78, 5) is 0. The molecule has 0 aromatic carbocycles. The summed E-state index contributed by atoms with van der Waals surface area (Å²) in [6, 6.07) is 0. The third kappa shape index (κ3) is 38.2. The van der Waals surface area contributed by atoms with E-state index in [4.69, 9.17) is 0 Å². The standard InChI is InChI=1S/9C12H24O/c1-8(2)5-11-6-10(4)12(13)7-9(11)3;1-8(2)5-12-9(3)6-11(13)7-10(12)4;1-5-9(3)12-10(4)6-8(2)7-11(12)13;1-5-9(3)11-7-8(2)6-10(4)12(11)13;1-5-8(2)11-6-9(3)10(4)7-12(11)13;1-5-8(2)12-9(3)6-7-11(13)10(12)4;1-5-8(2)12-10(4)9(3)6-7-11(12)13;1-5-8(2)11-7-6-9(3)10(4)12(11)13;1-5-8(2)11-9(3)6-7-10(4)12(11)13/h9*8-13H,5-7H2,1-4H3. The first-order valence-electron chi connectivity index (χ1n) is 51.6. The molecule has 0 heterocycles. The zero-order valence-corrected chi connectivity index (χ0v) is 85.1. The van der Waals surface area contributed by atoms with E-state index in [1.165, 1.54) is 128 Å². The van der Waals surface area contributed by atoms with Gasteiger partial charge in [-0.3, -0.25) is 0 Å². The SMILES string of the molecule is CC(C)CC1C(C)CC(O)CC1C.CC(C)CC1CC(C)C(O)CC1C.CCC(C)C1C(C)CC(C)CC1O.CCC(C)C1C(C)CCC(C)C1O.CCC(C)C1C(C)CCC(O)C1C.CCC(C)C1C(O)CCC(C)C1C.CCC(C)C1CC(C)C(C)CC1O.CCC(C)C1CC(C)CC(C)C1O.CCC(C)C1CCC(C)C(C)C1O. The molecule has 0 saturated heterocycles. The van der Waals surface area contributed by atoms with Crippen molar-refractivity contribution in [2.45, 2.75) is 478 Å². The van der Waals surface area contributed by atoms with Gasteiger partial charge in [-0.1, -0.05) is 294 Å². The Bertz CT molecular complexity index is 2290. The first-order valence-corrected chi connectivity index (χ1v) is 51.6. The second-order valence-corrected chi connectivity index (χ2v) is 45.8. The Balaban J connectivity index is 0.000000658. The lowest BCUT2D eigenvalue weighted by Crippen LogP contribution is -2.40. The number of aliphatic hydroxyl groups excluding tert-OH is 9. The van der Waals surface area contributed by atoms with Crippen LogP contribution >= 0.6 is 0 Å². The molecule has 0 aromatic heterocycles. The molecule has 0 spiro atoms. The summed E-state index contributed by atoms with van der Waals surface area (Å²) in [5, 5.41) is 89.3. The fraction of sp³-hybridized carbons (Fsp3) is 1.00. The van der Waals surface area contributed by atoms with Crippen molar-refractivity contribution in [3.8, 4) is 0 Å². The summed E-state index contributed by atoms with van der Waals surface area (Å²) in [6.45, 7) is 81.6. The third-order valence-corrected chi connectivity index (χ3v) is 35.3. The normalized spacial score (nSPS) is 42.7. The van der Waals surface area contributed by atoms with Gasteiger partial charge in [-0.15, -0.1) is 0 Å². The second kappa shape index (κ2) is 58.2. The minimum Gasteiger partial charge on any atom is -0.393 e. The number of rotatable bonds is 18. The molecule has 117 heavy (non-hydrogen) atoms. The topological polar surface area (TPSA) is 182 Å². The highest BCUT2D eigenvalue weighted by Gasteiger charge is 2.43. The first kappa shape index (κ1) is 115. The van der Waals surface area contributed by atoms with E-state index in [9.17, 15) is 46.0 Å². The van der Waals surface area contributed by atoms with Crippen molar-refractivity contribution < 1.29 is 46.0 Å². The van der Waals surface area contributed by atoms with Gasteiger partial charge in [-0.05, 0) is 341 Å². The molecule has 9 saturated carbocycles. The molecule has 702 valence electrons. The maximum Gasteiger partial charge on any atom is 0.0598 e. The van der Waals surface area contributed by atoms with E-state index < -0.39 is 0 Å². The van der Waals surface area contributed by atoms with Crippen LogP contribution in [0.25, 0.3) is 0 Å². The quantitative estimate of drug-likeness (QED) is 0.0645. The van der Waals surface area contributed by atoms with Gasteiger partial charge in [0.2, 0.25) is 0 Å². The van der Waals surface area contributed by atoms with Gasteiger partial charge >= 0.3 is 0 Å². The Labute approximate surface area is 732 Å². The highest BCUT2D eigenvalue weighted by molar-refractivity contribution is 4.93. The van der Waals surface area contributed by atoms with Crippen molar-refractivity contribution in [1.29, 1.82) is 0 Å². The fourth-order valence-corrected chi connectivity index (χ4v) is 24.9. The molecule has 41 atom stereocenters. The molecule has 9 fully saturated rings. The second-order valence-electron chi connectivity index (χ2n) is 45.8. The average Bonchev–Trinajstić information content (AvgIpc) is 0.812. The van der Waals surface area contributed by atoms with Gasteiger partial charge in [-0.2, -0.15) is 0 Å². The Kier molecular flexibility index (Phi) is 57.0. The predicted molar refractivity (Wildman–Crippen MR) is 509 cm³/mol. The van der Waals surface area contributed by atoms with Crippen LogP contribution in [-0.2, 0) is 0 Å². The van der Waals surface area contributed by atoms with Gasteiger partial charge in [0.05, 0.1) is 54.9 Å². The number of aliphatic hydroxyl groups is 9. The molecule has 9 aliphatic rings. The van der Waals surface area contributed by atoms with Crippen LogP contribution in [-0.4, -0.2) is 101 Å². The highest BCUT2D eigenvalue weighted by Crippen LogP contribution is 2.47. The molecule has 0 aliphatic heterocycles. The van der Waals surface area contributed by atoms with Gasteiger partial charge in [-0.25, -0.2) is 0 Å². The van der Waals surface area contributed by atoms with Crippen molar-refractivity contribution in [2.75, 3.05) is 0 Å². The summed E-state index contributed by atoms with van der Waals surface area (Å²) in [5.74, 6) is 24.2. The Morgan fingerprint density at radius 2 is 0.624 bits per heavy atom. The van der Waals surface area contributed by atoms with Crippen molar-refractivity contribution in [3.05, 3.63) is 0 Å². The molecule has 9 aliphatic carbocycles. The lowest BCUT2D eigenvalue weighted by molar-refractivity contribution is -0.0286. The molecular weight excluding hydrogens is 1440 g/mol. The number of hydrogen-bond donors (Lipinski definition) is 9. The maximum absolute atomic E-state index is 10.1. The minimum absolute atomic E-state index is 0.0339. The fourth-order valence-electron chi connectivity index (χ4n) is 24.9. The molecule has 9 heteroatoms. The molecule has 9 N–H and O–H groups in total. The van der Waals surface area contributed by atoms with Crippen LogP contribution in [0.3, 0.4) is 0 Å². The zero-order chi connectivity index (χ0) is 90.1. The van der Waals surface area contributed by atoms with Gasteiger partial charge in [0, 0.05) is 0 Å². The van der Waals surface area contributed by atoms with Crippen LogP contribution in [0.4, 0.5) is 0 Å². The Hall–Kier alpha value is -0.360. The van der Waals surface area contributed by atoms with Gasteiger partial charge < -0.3 is 46.0 Å². The van der Waals surface area contributed by atoms with E-state index in [-0.39, 0.29) is 54.9 Å². The summed E-state index contributed by atoms with van der Waals surface area (Å²) in [5.41, 5.74) is 0. The molecule has 0 amide bonds. The lowest BCUT2D eigenvalue weighted by Gasteiger charge is -2.41. The molecule has 0 bridgehead atoms. The molecule has 0 radical (unpaired) electrons. The highest BCUT2D eigenvalue weighted by atomic mass is 16.3. The van der Waals surface area contributed by atoms with E-state index in [1.54, 1.807) is 0 Å². The van der Waals surface area contributed by atoms with Crippen molar-refractivity contribution in [1.82, 2.24) is 0 Å². The van der Waals surface area contributed by atoms with E-state index >= 15 is 0 Å². The van der Waals surface area contributed by atoms with Gasteiger partial charge in [0.1, 0.15) is 0 Å². The van der Waals surface area contributed by atoms with E-state index in [2.05, 4.69) is 249 Å². The summed E-state index contributed by atoms with van der Waals surface area (Å²) in [6.07, 6.45) is 31.4. The largest absolute Gasteiger partial charge is 0.393 e. The van der Waals surface area contributed by atoms with Crippen LogP contribution in [0, 0.1) is 213 Å². The monoisotopic (exact) mass is 1660 g/mol. The molecule has 9 nitrogen and oxygen atoms in total. The van der Waals surface area contributed by atoms with E-state index in [0.717, 1.165) is 104 Å². The van der Waals surface area contributed by atoms with Crippen molar-refractivity contribution in [3.63, 3.8) is 0 Å². The van der Waals surface area contributed by atoms with Crippen molar-refractivity contribution in [2.24, 2.45) is 213 Å². The first-order chi connectivity index (χ1) is 54.5. The molecular formula is C108H216O9. The Morgan fingerprint density at radius 3 is 1.14 bits per heavy atom. The van der Waals surface area contributed by atoms with E-state index in [1.807, 2.05) is 0 Å². The predicted octanol–water partition coefficient (Wildman–Crippen LogP) is 27.7. The van der Waals surface area contributed by atoms with Crippen LogP contribution in [0.15, 0.2) is 0 Å². The minimum atomic E-state index is -0.0568. The lowest BCUT2D eigenvalue weighted by atomic mass is 9.66. The van der Waals surface area contributed by atoms with Gasteiger partial charge in [0.15, 0.2) is 0 Å². The number of hydrogen-bond acceptors (Lipinski definition) is 9. The van der Waals surface area contributed by atoms with Crippen LogP contribution in [0.2, 0.25) is 0 Å². The van der Waals surface area contributed by atoms with Crippen LogP contribution in [0.5, 0.6) is 0 Å². The molecule has 9 rings (SSSR count). The maximum atomic E-state index is 10.1. The van der Waals surface area contributed by atoms with E-state index in [0.29, 0.717) is 154 Å². The average molecular weight is 1660 g/mol. The zero-order valence-electron chi connectivity index (χ0n) is 85.1. The summed E-state index contributed by atoms with van der Waals surface area (Å²) >= 11 is 0. The van der Waals surface area contributed by atoms with Crippen LogP contribution < -0.4 is 0 Å². The Morgan fingerprint density at radius 1 is 0.222 bits per heavy atom.